The molecule has 2 aromatic heterocycles. The lowest BCUT2D eigenvalue weighted by molar-refractivity contribution is -0.134. The van der Waals surface area contributed by atoms with Crippen LogP contribution in [0.15, 0.2) is 53.7 Å². The number of rotatable bonds is 8. The minimum absolute atomic E-state index is 0.00860. The Bertz CT molecular complexity index is 1350. The van der Waals surface area contributed by atoms with Gasteiger partial charge in [0, 0.05) is 54.8 Å². The molecule has 2 aliphatic rings. The second-order valence-electron chi connectivity index (χ2n) is 10.1. The number of halogens is 3. The Balaban J connectivity index is 1.26. The summed E-state index contributed by atoms with van der Waals surface area (Å²) in [6.45, 7) is 4.39. The van der Waals surface area contributed by atoms with Gasteiger partial charge in [0.2, 0.25) is 0 Å². The summed E-state index contributed by atoms with van der Waals surface area (Å²) in [4.78, 5) is 41.1. The van der Waals surface area contributed by atoms with Gasteiger partial charge in [0.1, 0.15) is 5.69 Å². The third kappa shape index (κ3) is 6.83. The van der Waals surface area contributed by atoms with E-state index in [-0.39, 0.29) is 17.8 Å². The number of anilines is 2. The van der Waals surface area contributed by atoms with Crippen LogP contribution in [0, 0.1) is 0 Å². The van der Waals surface area contributed by atoms with E-state index in [2.05, 4.69) is 30.1 Å². The standard InChI is InChI=1S/C28H31F3N6O2/c29-28(30,31)10-9-21-16-32-17-25(34-21)20-14-24(27(39)33-15-20)35-26(38)19-5-7-22(8-6-19)37-13-3-4-23(37)18-36-11-1-2-12-36/h5-8,14-17,23H,1-4,9-13,18H2,(H,33,39)(H,35,38)/t23-/m0/s1. The summed E-state index contributed by atoms with van der Waals surface area (Å²) in [5, 5.41) is 2.64. The van der Waals surface area contributed by atoms with Gasteiger partial charge in [0.25, 0.3) is 11.5 Å². The fourth-order valence-electron chi connectivity index (χ4n) is 5.29. The summed E-state index contributed by atoms with van der Waals surface area (Å²) in [7, 11) is 0. The quantitative estimate of drug-likeness (QED) is 0.432. The average Bonchev–Trinajstić information content (AvgIpc) is 3.61. The summed E-state index contributed by atoms with van der Waals surface area (Å²) < 4.78 is 37.8. The first-order valence-corrected chi connectivity index (χ1v) is 13.3. The number of hydrogen-bond donors (Lipinski definition) is 2. The van der Waals surface area contributed by atoms with Crippen LogP contribution in [0.4, 0.5) is 24.5 Å². The molecule has 0 aliphatic carbocycles. The molecule has 2 aliphatic heterocycles. The van der Waals surface area contributed by atoms with Crippen LogP contribution in [-0.2, 0) is 6.42 Å². The van der Waals surface area contributed by atoms with Gasteiger partial charge >= 0.3 is 6.18 Å². The molecule has 0 spiro atoms. The van der Waals surface area contributed by atoms with Crippen molar-refractivity contribution in [2.45, 2.75) is 50.7 Å². The second-order valence-corrected chi connectivity index (χ2v) is 10.1. The van der Waals surface area contributed by atoms with Gasteiger partial charge in [-0.3, -0.25) is 14.6 Å². The molecular formula is C28H31F3N6O2. The molecule has 1 amide bonds. The zero-order valence-corrected chi connectivity index (χ0v) is 21.5. The van der Waals surface area contributed by atoms with Gasteiger partial charge in [-0.25, -0.2) is 4.98 Å². The van der Waals surface area contributed by atoms with Crippen molar-refractivity contribution < 1.29 is 18.0 Å². The highest BCUT2D eigenvalue weighted by molar-refractivity contribution is 6.04. The lowest BCUT2D eigenvalue weighted by Crippen LogP contribution is -2.39. The number of carbonyl (C=O) groups excluding carboxylic acids is 1. The number of likely N-dealkylation sites (tertiary alicyclic amines) is 1. The molecule has 5 rings (SSSR count). The Hall–Kier alpha value is -3.73. The number of nitrogens with one attached hydrogen (secondary N) is 2. The Kier molecular flexibility index (Phi) is 7.97. The van der Waals surface area contributed by atoms with Crippen molar-refractivity contribution in [3.8, 4) is 11.3 Å². The van der Waals surface area contributed by atoms with Crippen LogP contribution < -0.4 is 15.8 Å². The van der Waals surface area contributed by atoms with Crippen molar-refractivity contribution in [1.82, 2.24) is 19.9 Å². The largest absolute Gasteiger partial charge is 0.389 e. The van der Waals surface area contributed by atoms with Crippen molar-refractivity contribution in [3.05, 3.63) is 70.5 Å². The number of hydrogen-bond acceptors (Lipinski definition) is 6. The van der Waals surface area contributed by atoms with E-state index in [1.54, 1.807) is 12.1 Å². The summed E-state index contributed by atoms with van der Waals surface area (Å²) in [6.07, 6.45) is 3.30. The summed E-state index contributed by atoms with van der Waals surface area (Å²) in [5.41, 5.74) is 1.88. The molecule has 2 saturated heterocycles. The minimum atomic E-state index is -4.30. The smallest absolute Gasteiger partial charge is 0.367 e. The number of carbonyl (C=O) groups is 1. The molecule has 3 aromatic rings. The number of benzene rings is 1. The Morgan fingerprint density at radius 1 is 1.08 bits per heavy atom. The van der Waals surface area contributed by atoms with Crippen molar-refractivity contribution >= 4 is 17.3 Å². The zero-order chi connectivity index (χ0) is 27.4. The molecule has 8 nitrogen and oxygen atoms in total. The molecule has 1 aromatic carbocycles. The molecule has 1 atom stereocenters. The van der Waals surface area contributed by atoms with Crippen LogP contribution in [0.5, 0.6) is 0 Å². The predicted molar refractivity (Wildman–Crippen MR) is 143 cm³/mol. The fraction of sp³-hybridized carbons (Fsp3) is 0.429. The number of alkyl halides is 3. The maximum Gasteiger partial charge on any atom is 0.389 e. The van der Waals surface area contributed by atoms with E-state index in [4.69, 9.17) is 0 Å². The molecule has 0 unspecified atom stereocenters. The molecule has 0 radical (unpaired) electrons. The van der Waals surface area contributed by atoms with Gasteiger partial charge in [-0.15, -0.1) is 0 Å². The van der Waals surface area contributed by atoms with E-state index in [1.165, 1.54) is 50.6 Å². The first-order chi connectivity index (χ1) is 18.7. The zero-order valence-electron chi connectivity index (χ0n) is 21.5. The van der Waals surface area contributed by atoms with Gasteiger partial charge in [-0.1, -0.05) is 0 Å². The monoisotopic (exact) mass is 540 g/mol. The number of nitrogens with zero attached hydrogens (tertiary/aromatic N) is 4. The number of aromatic nitrogens is 3. The molecule has 0 saturated carbocycles. The molecule has 2 fully saturated rings. The minimum Gasteiger partial charge on any atom is -0.367 e. The summed E-state index contributed by atoms with van der Waals surface area (Å²) >= 11 is 0. The van der Waals surface area contributed by atoms with Gasteiger partial charge < -0.3 is 20.1 Å². The van der Waals surface area contributed by atoms with Crippen LogP contribution in [0.25, 0.3) is 11.3 Å². The Morgan fingerprint density at radius 2 is 1.85 bits per heavy atom. The Labute approximate surface area is 224 Å². The Morgan fingerprint density at radius 3 is 2.59 bits per heavy atom. The maximum atomic E-state index is 13.0. The lowest BCUT2D eigenvalue weighted by atomic mass is 10.1. The van der Waals surface area contributed by atoms with E-state index in [1.807, 2.05) is 12.1 Å². The number of aryl methyl sites for hydroxylation is 1. The van der Waals surface area contributed by atoms with E-state index in [9.17, 15) is 22.8 Å². The first-order valence-electron chi connectivity index (χ1n) is 13.3. The summed E-state index contributed by atoms with van der Waals surface area (Å²) in [6, 6.07) is 9.31. The SMILES string of the molecule is O=C(Nc1cc(-c2cncc(CCC(F)(F)F)n2)c[nH]c1=O)c1ccc(N2CCC[C@H]2CN2CCCC2)cc1. The average molecular weight is 541 g/mol. The van der Waals surface area contributed by atoms with E-state index < -0.39 is 24.1 Å². The maximum absolute atomic E-state index is 13.0. The molecule has 2 N–H and O–H groups in total. The second kappa shape index (κ2) is 11.6. The molecule has 11 heteroatoms. The van der Waals surface area contributed by atoms with Crippen LogP contribution in [0.2, 0.25) is 0 Å². The van der Waals surface area contributed by atoms with E-state index in [0.29, 0.717) is 22.9 Å². The number of H-pyrrole nitrogens is 1. The number of amides is 1. The number of aromatic amines is 1. The first kappa shape index (κ1) is 26.9. The highest BCUT2D eigenvalue weighted by Crippen LogP contribution is 2.28. The van der Waals surface area contributed by atoms with Crippen LogP contribution in [0.3, 0.4) is 0 Å². The topological polar surface area (TPSA) is 94.2 Å². The third-order valence-corrected chi connectivity index (χ3v) is 7.30. The van der Waals surface area contributed by atoms with Crippen molar-refractivity contribution in [2.75, 3.05) is 36.4 Å². The lowest BCUT2D eigenvalue weighted by Gasteiger charge is -2.30. The molecular weight excluding hydrogens is 509 g/mol. The molecule has 206 valence electrons. The van der Waals surface area contributed by atoms with E-state index >= 15 is 0 Å². The molecule has 4 heterocycles. The van der Waals surface area contributed by atoms with Crippen LogP contribution in [-0.4, -0.2) is 64.2 Å². The third-order valence-electron chi connectivity index (χ3n) is 7.30. The van der Waals surface area contributed by atoms with Crippen molar-refractivity contribution in [2.24, 2.45) is 0 Å². The molecule has 39 heavy (non-hydrogen) atoms. The van der Waals surface area contributed by atoms with Crippen LogP contribution in [0.1, 0.15) is 48.2 Å². The van der Waals surface area contributed by atoms with Crippen LogP contribution >= 0.6 is 0 Å². The van der Waals surface area contributed by atoms with Gasteiger partial charge in [-0.2, -0.15) is 13.2 Å². The van der Waals surface area contributed by atoms with Crippen molar-refractivity contribution in [1.29, 1.82) is 0 Å². The summed E-state index contributed by atoms with van der Waals surface area (Å²) in [5.74, 6) is -0.441. The molecule has 0 bridgehead atoms. The van der Waals surface area contributed by atoms with Crippen molar-refractivity contribution in [3.63, 3.8) is 0 Å². The number of pyridine rings is 1. The van der Waals surface area contributed by atoms with Gasteiger partial charge in [0.05, 0.1) is 17.6 Å². The fourth-order valence-corrected chi connectivity index (χ4v) is 5.29. The highest BCUT2D eigenvalue weighted by atomic mass is 19.4. The van der Waals surface area contributed by atoms with Gasteiger partial charge in [0.15, 0.2) is 0 Å². The highest BCUT2D eigenvalue weighted by Gasteiger charge is 2.28. The van der Waals surface area contributed by atoms with Gasteiger partial charge in [-0.05, 0) is 75.5 Å². The predicted octanol–water partition coefficient (Wildman–Crippen LogP) is 4.64. The van der Waals surface area contributed by atoms with E-state index in [0.717, 1.165) is 31.6 Å². The normalized spacial score (nSPS) is 18.0.